The molecule has 0 heterocycles. The Morgan fingerprint density at radius 2 is 1.48 bits per heavy atom. The van der Waals surface area contributed by atoms with Crippen molar-refractivity contribution in [2.24, 2.45) is 5.92 Å². The van der Waals surface area contributed by atoms with Gasteiger partial charge in [-0.15, -0.1) is 0 Å². The second kappa shape index (κ2) is 6.03. The van der Waals surface area contributed by atoms with Crippen molar-refractivity contribution in [3.05, 3.63) is 35.4 Å². The fourth-order valence-corrected chi connectivity index (χ4v) is 3.32. The van der Waals surface area contributed by atoms with Crippen LogP contribution in [0.25, 0.3) is 10.8 Å². The van der Waals surface area contributed by atoms with Crippen molar-refractivity contribution >= 4 is 22.7 Å². The summed E-state index contributed by atoms with van der Waals surface area (Å²) in [6, 6.07) is 7.59. The first-order chi connectivity index (χ1) is 11.0. The molecule has 0 saturated heterocycles. The number of carbonyl (C=O) groups excluding carboxylic acids is 2. The molecule has 4 nitrogen and oxygen atoms in total. The molecule has 0 saturated carbocycles. The van der Waals surface area contributed by atoms with Crippen LogP contribution in [-0.2, 0) is 22.4 Å². The number of hydrogen-bond acceptors (Lipinski definition) is 4. The van der Waals surface area contributed by atoms with Gasteiger partial charge >= 0.3 is 11.9 Å². The molecule has 1 aliphatic carbocycles. The van der Waals surface area contributed by atoms with Crippen LogP contribution in [0, 0.1) is 5.92 Å². The van der Waals surface area contributed by atoms with Gasteiger partial charge in [-0.1, -0.05) is 31.2 Å². The first-order valence-electron chi connectivity index (χ1n) is 7.90. The summed E-state index contributed by atoms with van der Waals surface area (Å²) in [5.74, 6) is 1.06. The van der Waals surface area contributed by atoms with Crippen molar-refractivity contribution in [3.8, 4) is 11.5 Å². The number of hydrogen-bond donors (Lipinski definition) is 0. The van der Waals surface area contributed by atoms with Gasteiger partial charge in [-0.3, -0.25) is 9.59 Å². The lowest BCUT2D eigenvalue weighted by Gasteiger charge is -2.27. The van der Waals surface area contributed by atoms with Gasteiger partial charge in [0.25, 0.3) is 0 Å². The predicted octanol–water partition coefficient (Wildman–Crippen LogP) is 3.82. The van der Waals surface area contributed by atoms with Crippen LogP contribution in [-0.4, -0.2) is 11.9 Å². The maximum Gasteiger partial charge on any atom is 0.308 e. The van der Waals surface area contributed by atoms with Crippen molar-refractivity contribution < 1.29 is 19.1 Å². The fraction of sp³-hybridized carbons (Fsp3) is 0.368. The molecule has 2 aromatic rings. The third-order valence-electron chi connectivity index (χ3n) is 4.26. The largest absolute Gasteiger partial charge is 0.426 e. The van der Waals surface area contributed by atoms with E-state index in [1.54, 1.807) is 0 Å². The van der Waals surface area contributed by atoms with Crippen LogP contribution in [0.4, 0.5) is 0 Å². The normalized spacial score (nSPS) is 16.7. The number of ether oxygens (including phenoxy) is 2. The minimum atomic E-state index is -0.337. The van der Waals surface area contributed by atoms with Crippen LogP contribution in [0.15, 0.2) is 24.3 Å². The minimum absolute atomic E-state index is 0.337. The Bertz CT molecular complexity index is 792. The van der Waals surface area contributed by atoms with Crippen LogP contribution in [0.1, 0.15) is 38.3 Å². The van der Waals surface area contributed by atoms with E-state index in [2.05, 4.69) is 6.92 Å². The highest BCUT2D eigenvalue weighted by atomic mass is 16.5. The Morgan fingerprint density at radius 1 is 0.957 bits per heavy atom. The zero-order valence-electron chi connectivity index (χ0n) is 13.6. The monoisotopic (exact) mass is 312 g/mol. The molecule has 0 fully saturated rings. The van der Waals surface area contributed by atoms with Gasteiger partial charge in [-0.05, 0) is 25.2 Å². The van der Waals surface area contributed by atoms with E-state index in [0.29, 0.717) is 17.4 Å². The third-order valence-corrected chi connectivity index (χ3v) is 4.26. The van der Waals surface area contributed by atoms with Crippen molar-refractivity contribution in [2.75, 3.05) is 0 Å². The number of benzene rings is 2. The van der Waals surface area contributed by atoms with Crippen LogP contribution in [0.3, 0.4) is 0 Å². The molecule has 1 unspecified atom stereocenters. The first kappa shape index (κ1) is 15.5. The maximum absolute atomic E-state index is 11.6. The summed E-state index contributed by atoms with van der Waals surface area (Å²) in [7, 11) is 0. The molecule has 4 heteroatoms. The van der Waals surface area contributed by atoms with E-state index >= 15 is 0 Å². The fourth-order valence-electron chi connectivity index (χ4n) is 3.32. The summed E-state index contributed by atoms with van der Waals surface area (Å²) >= 11 is 0. The number of carbonyl (C=O) groups is 2. The highest BCUT2D eigenvalue weighted by Crippen LogP contribution is 2.45. The van der Waals surface area contributed by atoms with Gasteiger partial charge in [0.1, 0.15) is 11.5 Å². The second-order valence-electron chi connectivity index (χ2n) is 6.20. The lowest BCUT2D eigenvalue weighted by Crippen LogP contribution is -2.17. The molecule has 1 aliphatic rings. The average molecular weight is 312 g/mol. The van der Waals surface area contributed by atoms with E-state index in [4.69, 9.17) is 9.47 Å². The summed E-state index contributed by atoms with van der Waals surface area (Å²) in [6.45, 7) is 5.00. The lowest BCUT2D eigenvalue weighted by molar-refractivity contribution is -0.133. The maximum atomic E-state index is 11.6. The molecule has 0 N–H and O–H groups in total. The molecule has 23 heavy (non-hydrogen) atoms. The lowest BCUT2D eigenvalue weighted by atomic mass is 9.82. The van der Waals surface area contributed by atoms with Gasteiger partial charge in [-0.2, -0.15) is 0 Å². The Hall–Kier alpha value is -2.36. The van der Waals surface area contributed by atoms with Gasteiger partial charge in [0.05, 0.1) is 0 Å². The third kappa shape index (κ3) is 2.93. The molecule has 0 spiro atoms. The number of fused-ring (bicyclic) bond motifs is 2. The van der Waals surface area contributed by atoms with Gasteiger partial charge < -0.3 is 9.47 Å². The van der Waals surface area contributed by atoms with Crippen LogP contribution in [0.5, 0.6) is 11.5 Å². The van der Waals surface area contributed by atoms with E-state index in [9.17, 15) is 9.59 Å². The van der Waals surface area contributed by atoms with E-state index in [-0.39, 0.29) is 11.9 Å². The predicted molar refractivity (Wildman–Crippen MR) is 87.8 cm³/mol. The minimum Gasteiger partial charge on any atom is -0.426 e. The van der Waals surface area contributed by atoms with Crippen LogP contribution in [0.2, 0.25) is 0 Å². The van der Waals surface area contributed by atoms with E-state index in [1.807, 2.05) is 24.3 Å². The van der Waals surface area contributed by atoms with Crippen molar-refractivity contribution in [3.63, 3.8) is 0 Å². The molecule has 0 radical (unpaired) electrons. The summed E-state index contributed by atoms with van der Waals surface area (Å²) in [6.07, 6.45) is 2.66. The van der Waals surface area contributed by atoms with Crippen molar-refractivity contribution in [2.45, 2.75) is 40.0 Å². The molecule has 2 aromatic carbocycles. The van der Waals surface area contributed by atoms with Gasteiger partial charge in [0, 0.05) is 35.7 Å². The van der Waals surface area contributed by atoms with Crippen molar-refractivity contribution in [1.29, 1.82) is 0 Å². The van der Waals surface area contributed by atoms with E-state index in [1.165, 1.54) is 13.8 Å². The number of rotatable bonds is 2. The molecule has 0 bridgehead atoms. The highest BCUT2D eigenvalue weighted by molar-refractivity contribution is 5.98. The van der Waals surface area contributed by atoms with E-state index < -0.39 is 0 Å². The Morgan fingerprint density at radius 3 is 2.00 bits per heavy atom. The smallest absolute Gasteiger partial charge is 0.308 e. The Balaban J connectivity index is 2.34. The zero-order valence-corrected chi connectivity index (χ0v) is 13.6. The summed E-state index contributed by atoms with van der Waals surface area (Å²) in [5.41, 5.74) is 1.99. The zero-order chi connectivity index (χ0) is 16.6. The van der Waals surface area contributed by atoms with Crippen molar-refractivity contribution in [1.82, 2.24) is 0 Å². The molecular weight excluding hydrogens is 292 g/mol. The first-order valence-corrected chi connectivity index (χ1v) is 7.90. The molecule has 3 rings (SSSR count). The Labute approximate surface area is 135 Å². The standard InChI is InChI=1S/C19H20O4/c1-11-8-9-16-17(10-11)19(23-13(3)21)15-7-5-4-6-14(15)18(16)22-12(2)20/h4-7,11H,8-10H2,1-3H3. The number of esters is 2. The summed E-state index contributed by atoms with van der Waals surface area (Å²) in [4.78, 5) is 23.1. The highest BCUT2D eigenvalue weighted by Gasteiger charge is 2.27. The summed E-state index contributed by atoms with van der Waals surface area (Å²) in [5, 5.41) is 1.62. The molecule has 0 amide bonds. The molecule has 120 valence electrons. The molecule has 0 aromatic heterocycles. The van der Waals surface area contributed by atoms with Gasteiger partial charge in [-0.25, -0.2) is 0 Å². The topological polar surface area (TPSA) is 52.6 Å². The van der Waals surface area contributed by atoms with Crippen LogP contribution >= 0.6 is 0 Å². The SMILES string of the molecule is CC(=O)Oc1c2c(c(OC(C)=O)c3ccccc13)CC(C)CC2. The molecule has 0 aliphatic heterocycles. The molecule has 1 atom stereocenters. The average Bonchev–Trinajstić information content (AvgIpc) is 2.49. The van der Waals surface area contributed by atoms with Crippen LogP contribution < -0.4 is 9.47 Å². The quantitative estimate of drug-likeness (QED) is 0.625. The molecular formula is C19H20O4. The van der Waals surface area contributed by atoms with E-state index in [0.717, 1.165) is 41.2 Å². The second-order valence-corrected chi connectivity index (χ2v) is 6.20. The van der Waals surface area contributed by atoms with Gasteiger partial charge in [0.2, 0.25) is 0 Å². The van der Waals surface area contributed by atoms with Gasteiger partial charge in [0.15, 0.2) is 0 Å². The summed E-state index contributed by atoms with van der Waals surface area (Å²) < 4.78 is 11.1. The Kier molecular flexibility index (Phi) is 4.07.